The Morgan fingerprint density at radius 3 is 3.19 bits per heavy atom. The van der Waals surface area contributed by atoms with Crippen molar-refractivity contribution in [3.8, 4) is 0 Å². The molecule has 0 aromatic carbocycles. The van der Waals surface area contributed by atoms with Crippen molar-refractivity contribution in [2.75, 3.05) is 13.1 Å². The minimum atomic E-state index is 0.0910. The third-order valence-electron chi connectivity index (χ3n) is 3.15. The Labute approximate surface area is 95.4 Å². The van der Waals surface area contributed by atoms with Crippen LogP contribution in [-0.4, -0.2) is 29.9 Å². The molecule has 1 aromatic rings. The predicted molar refractivity (Wildman–Crippen MR) is 61.1 cm³/mol. The average molecular weight is 222 g/mol. The Kier molecular flexibility index (Phi) is 3.62. The number of nitrogens with two attached hydrogens (primary N) is 1. The smallest absolute Gasteiger partial charge is 0.257 e. The van der Waals surface area contributed by atoms with E-state index in [0.29, 0.717) is 18.2 Å². The lowest BCUT2D eigenvalue weighted by Crippen LogP contribution is -2.35. The molecule has 88 valence electrons. The van der Waals surface area contributed by atoms with Crippen LogP contribution in [0.4, 0.5) is 0 Å². The van der Waals surface area contributed by atoms with Crippen LogP contribution in [0.2, 0.25) is 0 Å². The highest BCUT2D eigenvalue weighted by Gasteiger charge is 2.29. The first-order chi connectivity index (χ1) is 7.83. The maximum Gasteiger partial charge on any atom is 0.257 e. The summed E-state index contributed by atoms with van der Waals surface area (Å²) in [5, 5.41) is 0. The van der Waals surface area contributed by atoms with Crippen LogP contribution in [0.3, 0.4) is 0 Å². The molecule has 1 unspecified atom stereocenters. The normalized spacial score (nSPS) is 20.3. The minimum Gasteiger partial charge on any atom is -0.472 e. The third kappa shape index (κ3) is 2.27. The van der Waals surface area contributed by atoms with Gasteiger partial charge in [-0.2, -0.15) is 0 Å². The molecule has 1 aromatic heterocycles. The average Bonchev–Trinajstić information content (AvgIpc) is 2.96. The van der Waals surface area contributed by atoms with Gasteiger partial charge in [-0.05, 0) is 38.3 Å². The van der Waals surface area contributed by atoms with Crippen LogP contribution in [0.1, 0.15) is 36.0 Å². The molecule has 0 bridgehead atoms. The standard InChI is InChI=1S/C12H18N2O2/c13-6-1-3-11-4-2-7-14(11)12(15)10-5-8-16-9-10/h5,8-9,11H,1-4,6-7,13H2. The molecule has 4 nitrogen and oxygen atoms in total. The van der Waals surface area contributed by atoms with Crippen LogP contribution in [-0.2, 0) is 0 Å². The van der Waals surface area contributed by atoms with Gasteiger partial charge in [0, 0.05) is 12.6 Å². The number of hydrogen-bond acceptors (Lipinski definition) is 3. The topological polar surface area (TPSA) is 59.5 Å². The molecule has 0 aliphatic carbocycles. The van der Waals surface area contributed by atoms with Crippen LogP contribution < -0.4 is 5.73 Å². The van der Waals surface area contributed by atoms with Crippen molar-refractivity contribution in [1.29, 1.82) is 0 Å². The van der Waals surface area contributed by atoms with Crippen molar-refractivity contribution < 1.29 is 9.21 Å². The monoisotopic (exact) mass is 222 g/mol. The summed E-state index contributed by atoms with van der Waals surface area (Å²) in [6.07, 6.45) is 7.25. The summed E-state index contributed by atoms with van der Waals surface area (Å²) < 4.78 is 4.94. The van der Waals surface area contributed by atoms with E-state index in [2.05, 4.69) is 0 Å². The van der Waals surface area contributed by atoms with Crippen LogP contribution in [0.5, 0.6) is 0 Å². The second-order valence-corrected chi connectivity index (χ2v) is 4.24. The molecule has 2 N–H and O–H groups in total. The Bertz CT molecular complexity index is 335. The second kappa shape index (κ2) is 5.16. The van der Waals surface area contributed by atoms with E-state index in [1.54, 1.807) is 6.07 Å². The molecule has 16 heavy (non-hydrogen) atoms. The lowest BCUT2D eigenvalue weighted by atomic mass is 10.1. The van der Waals surface area contributed by atoms with Gasteiger partial charge in [0.25, 0.3) is 5.91 Å². The molecule has 4 heteroatoms. The summed E-state index contributed by atoms with van der Waals surface area (Å²) in [7, 11) is 0. The highest BCUT2D eigenvalue weighted by atomic mass is 16.3. The molecule has 1 aliphatic heterocycles. The van der Waals surface area contributed by atoms with Gasteiger partial charge in [0.15, 0.2) is 0 Å². The van der Waals surface area contributed by atoms with E-state index in [0.717, 1.165) is 32.2 Å². The predicted octanol–water partition coefficient (Wildman–Crippen LogP) is 1.62. The summed E-state index contributed by atoms with van der Waals surface area (Å²) in [4.78, 5) is 14.1. The number of rotatable bonds is 4. The lowest BCUT2D eigenvalue weighted by molar-refractivity contribution is 0.0729. The zero-order valence-electron chi connectivity index (χ0n) is 9.39. The van der Waals surface area contributed by atoms with E-state index in [9.17, 15) is 4.79 Å². The van der Waals surface area contributed by atoms with Gasteiger partial charge in [0.2, 0.25) is 0 Å². The Hall–Kier alpha value is -1.29. The van der Waals surface area contributed by atoms with Crippen molar-refractivity contribution in [3.05, 3.63) is 24.2 Å². The van der Waals surface area contributed by atoms with Gasteiger partial charge < -0.3 is 15.1 Å². The van der Waals surface area contributed by atoms with Gasteiger partial charge in [0.1, 0.15) is 6.26 Å². The van der Waals surface area contributed by atoms with Crippen molar-refractivity contribution in [2.24, 2.45) is 5.73 Å². The maximum atomic E-state index is 12.1. The van der Waals surface area contributed by atoms with Gasteiger partial charge in [-0.3, -0.25) is 4.79 Å². The first-order valence-electron chi connectivity index (χ1n) is 5.86. The van der Waals surface area contributed by atoms with E-state index >= 15 is 0 Å². The molecule has 1 atom stereocenters. The first-order valence-corrected chi connectivity index (χ1v) is 5.86. The molecule has 1 amide bonds. The van der Waals surface area contributed by atoms with Crippen LogP contribution >= 0.6 is 0 Å². The van der Waals surface area contributed by atoms with Crippen molar-refractivity contribution in [3.63, 3.8) is 0 Å². The molecular formula is C12H18N2O2. The maximum absolute atomic E-state index is 12.1. The fourth-order valence-corrected chi connectivity index (χ4v) is 2.31. The minimum absolute atomic E-state index is 0.0910. The van der Waals surface area contributed by atoms with Crippen molar-refractivity contribution in [1.82, 2.24) is 4.90 Å². The Morgan fingerprint density at radius 1 is 1.62 bits per heavy atom. The number of carbonyl (C=O) groups excluding carboxylic acids is 1. The summed E-state index contributed by atoms with van der Waals surface area (Å²) in [6.45, 7) is 1.56. The number of carbonyl (C=O) groups is 1. The number of hydrogen-bond donors (Lipinski definition) is 1. The second-order valence-electron chi connectivity index (χ2n) is 4.24. The highest BCUT2D eigenvalue weighted by molar-refractivity contribution is 5.94. The third-order valence-corrected chi connectivity index (χ3v) is 3.15. The van der Waals surface area contributed by atoms with Gasteiger partial charge in [-0.1, -0.05) is 0 Å². The Balaban J connectivity index is 1.99. The number of amides is 1. The SMILES string of the molecule is NCCCC1CCCN1C(=O)c1ccoc1. The molecule has 0 saturated carbocycles. The zero-order chi connectivity index (χ0) is 11.4. The number of likely N-dealkylation sites (tertiary alicyclic amines) is 1. The van der Waals surface area contributed by atoms with Gasteiger partial charge in [-0.25, -0.2) is 0 Å². The van der Waals surface area contributed by atoms with Crippen molar-refractivity contribution >= 4 is 5.91 Å². The summed E-state index contributed by atoms with van der Waals surface area (Å²) in [6, 6.07) is 2.09. The zero-order valence-corrected chi connectivity index (χ0v) is 9.39. The molecular weight excluding hydrogens is 204 g/mol. The first kappa shape index (κ1) is 11.2. The van der Waals surface area contributed by atoms with E-state index in [-0.39, 0.29) is 5.91 Å². The lowest BCUT2D eigenvalue weighted by Gasteiger charge is -2.24. The summed E-state index contributed by atoms with van der Waals surface area (Å²) in [5.74, 6) is 0.0910. The molecule has 1 saturated heterocycles. The molecule has 2 heterocycles. The van der Waals surface area contributed by atoms with Gasteiger partial charge >= 0.3 is 0 Å². The summed E-state index contributed by atoms with van der Waals surface area (Å²) >= 11 is 0. The summed E-state index contributed by atoms with van der Waals surface area (Å²) in [5.41, 5.74) is 6.16. The van der Waals surface area contributed by atoms with E-state index in [1.807, 2.05) is 4.90 Å². The molecule has 0 spiro atoms. The van der Waals surface area contributed by atoms with E-state index < -0.39 is 0 Å². The van der Waals surface area contributed by atoms with Crippen LogP contribution in [0.15, 0.2) is 23.0 Å². The van der Waals surface area contributed by atoms with Crippen LogP contribution in [0, 0.1) is 0 Å². The van der Waals surface area contributed by atoms with Gasteiger partial charge in [-0.15, -0.1) is 0 Å². The largest absolute Gasteiger partial charge is 0.472 e. The molecule has 2 rings (SSSR count). The fourth-order valence-electron chi connectivity index (χ4n) is 2.31. The molecule has 0 radical (unpaired) electrons. The van der Waals surface area contributed by atoms with Crippen molar-refractivity contribution in [2.45, 2.75) is 31.7 Å². The van der Waals surface area contributed by atoms with Crippen LogP contribution in [0.25, 0.3) is 0 Å². The number of furan rings is 1. The fraction of sp³-hybridized carbons (Fsp3) is 0.583. The van der Waals surface area contributed by atoms with Gasteiger partial charge in [0.05, 0.1) is 11.8 Å². The Morgan fingerprint density at radius 2 is 2.50 bits per heavy atom. The quantitative estimate of drug-likeness (QED) is 0.842. The van der Waals surface area contributed by atoms with E-state index in [1.165, 1.54) is 12.5 Å². The highest BCUT2D eigenvalue weighted by Crippen LogP contribution is 2.23. The molecule has 1 aliphatic rings. The van der Waals surface area contributed by atoms with E-state index in [4.69, 9.17) is 10.2 Å². The number of nitrogens with zero attached hydrogens (tertiary/aromatic N) is 1. The molecule has 1 fully saturated rings.